The van der Waals surface area contributed by atoms with Gasteiger partial charge in [-0.1, -0.05) is 26.0 Å². The molecule has 0 amide bonds. The van der Waals surface area contributed by atoms with E-state index < -0.39 is 0 Å². The van der Waals surface area contributed by atoms with Gasteiger partial charge in [-0.2, -0.15) is 0 Å². The highest BCUT2D eigenvalue weighted by Gasteiger charge is 2.16. The minimum absolute atomic E-state index is 0.473. The summed E-state index contributed by atoms with van der Waals surface area (Å²) in [6.07, 6.45) is 3.63. The Balaban J connectivity index is 1.93. The molecule has 2 unspecified atom stereocenters. The van der Waals surface area contributed by atoms with Gasteiger partial charge in [-0.3, -0.25) is 0 Å². The maximum Gasteiger partial charge on any atom is 0.0511 e. The molecular weight excluding hydrogens is 260 g/mol. The van der Waals surface area contributed by atoms with Crippen molar-refractivity contribution >= 4 is 5.69 Å². The van der Waals surface area contributed by atoms with Crippen LogP contribution in [0.15, 0.2) is 24.3 Å². The van der Waals surface area contributed by atoms with Gasteiger partial charge in [0.2, 0.25) is 0 Å². The highest BCUT2D eigenvalue weighted by Crippen LogP contribution is 2.22. The van der Waals surface area contributed by atoms with Crippen molar-refractivity contribution in [2.45, 2.75) is 39.2 Å². The molecule has 3 heteroatoms. The Morgan fingerprint density at radius 3 is 2.62 bits per heavy atom. The van der Waals surface area contributed by atoms with Gasteiger partial charge in [-0.15, -0.1) is 0 Å². The highest BCUT2D eigenvalue weighted by molar-refractivity contribution is 5.47. The molecule has 0 spiro atoms. The molecule has 1 N–H and O–H groups in total. The van der Waals surface area contributed by atoms with Crippen molar-refractivity contribution in [1.29, 1.82) is 0 Å². The number of nitrogens with zero attached hydrogens (tertiary/aromatic N) is 1. The molecule has 21 heavy (non-hydrogen) atoms. The van der Waals surface area contributed by atoms with Gasteiger partial charge >= 0.3 is 0 Å². The third kappa shape index (κ3) is 4.72. The fourth-order valence-corrected chi connectivity index (χ4v) is 3.15. The van der Waals surface area contributed by atoms with Crippen LogP contribution >= 0.6 is 0 Å². The predicted molar refractivity (Wildman–Crippen MR) is 90.0 cm³/mol. The maximum atomic E-state index is 5.58. The zero-order valence-corrected chi connectivity index (χ0v) is 13.8. The summed E-state index contributed by atoms with van der Waals surface area (Å²) in [5, 5.41) is 3.53. The smallest absolute Gasteiger partial charge is 0.0511 e. The SMILES string of the molecule is CCNC(CC)c1ccc(N(C)CC2CCCOC2)cc1. The Morgan fingerprint density at radius 1 is 1.29 bits per heavy atom. The van der Waals surface area contributed by atoms with Crippen LogP contribution in [0.4, 0.5) is 5.69 Å². The van der Waals surface area contributed by atoms with Gasteiger partial charge in [0, 0.05) is 31.9 Å². The molecule has 1 fully saturated rings. The first-order chi connectivity index (χ1) is 10.2. The lowest BCUT2D eigenvalue weighted by molar-refractivity contribution is 0.0576. The third-order valence-corrected chi connectivity index (χ3v) is 4.38. The third-order valence-electron chi connectivity index (χ3n) is 4.38. The van der Waals surface area contributed by atoms with Crippen LogP contribution in [0.3, 0.4) is 0 Å². The van der Waals surface area contributed by atoms with Gasteiger partial charge in [0.25, 0.3) is 0 Å². The van der Waals surface area contributed by atoms with Crippen LogP contribution in [0, 0.1) is 5.92 Å². The van der Waals surface area contributed by atoms with E-state index in [4.69, 9.17) is 4.74 Å². The number of ether oxygens (including phenoxy) is 1. The van der Waals surface area contributed by atoms with Crippen LogP contribution in [-0.2, 0) is 4.74 Å². The number of hydrogen-bond donors (Lipinski definition) is 1. The first-order valence-electron chi connectivity index (χ1n) is 8.36. The molecule has 2 rings (SSSR count). The Hall–Kier alpha value is -1.06. The number of anilines is 1. The minimum Gasteiger partial charge on any atom is -0.381 e. The summed E-state index contributed by atoms with van der Waals surface area (Å²) in [6, 6.07) is 9.50. The average molecular weight is 290 g/mol. The van der Waals surface area contributed by atoms with Gasteiger partial charge in [0.1, 0.15) is 0 Å². The lowest BCUT2D eigenvalue weighted by atomic mass is 10.0. The van der Waals surface area contributed by atoms with Crippen molar-refractivity contribution in [1.82, 2.24) is 5.32 Å². The zero-order valence-electron chi connectivity index (χ0n) is 13.8. The molecule has 0 bridgehead atoms. The molecule has 0 aromatic heterocycles. The summed E-state index contributed by atoms with van der Waals surface area (Å²) < 4.78 is 5.58. The van der Waals surface area contributed by atoms with Crippen molar-refractivity contribution in [2.24, 2.45) is 5.92 Å². The second-order valence-electron chi connectivity index (χ2n) is 6.07. The maximum absolute atomic E-state index is 5.58. The lowest BCUT2D eigenvalue weighted by Crippen LogP contribution is -2.30. The Kier molecular flexibility index (Phi) is 6.52. The van der Waals surface area contributed by atoms with Crippen LogP contribution in [0.1, 0.15) is 44.7 Å². The molecule has 118 valence electrons. The fourth-order valence-electron chi connectivity index (χ4n) is 3.15. The topological polar surface area (TPSA) is 24.5 Å². The number of hydrogen-bond acceptors (Lipinski definition) is 3. The van der Waals surface area contributed by atoms with Gasteiger partial charge in [-0.05, 0) is 49.4 Å². The van der Waals surface area contributed by atoms with E-state index in [-0.39, 0.29) is 0 Å². The summed E-state index contributed by atoms with van der Waals surface area (Å²) in [5.74, 6) is 0.675. The van der Waals surface area contributed by atoms with E-state index in [1.54, 1.807) is 0 Å². The Labute approximate surface area is 129 Å². The molecule has 1 aromatic carbocycles. The molecule has 1 heterocycles. The van der Waals surface area contributed by atoms with E-state index in [9.17, 15) is 0 Å². The second-order valence-corrected chi connectivity index (χ2v) is 6.07. The van der Waals surface area contributed by atoms with Gasteiger partial charge in [0.15, 0.2) is 0 Å². The Morgan fingerprint density at radius 2 is 2.05 bits per heavy atom. The quantitative estimate of drug-likeness (QED) is 0.830. The van der Waals surface area contributed by atoms with Gasteiger partial charge < -0.3 is 15.0 Å². The molecule has 0 saturated carbocycles. The molecule has 1 aromatic rings. The molecule has 1 aliphatic heterocycles. The summed E-state index contributed by atoms with van der Waals surface area (Å²) in [6.45, 7) is 8.36. The first kappa shape index (κ1) is 16.3. The Bertz CT molecular complexity index is 398. The fraction of sp³-hybridized carbons (Fsp3) is 0.667. The van der Waals surface area contributed by atoms with E-state index in [1.807, 2.05) is 0 Å². The zero-order chi connectivity index (χ0) is 15.1. The number of benzene rings is 1. The van der Waals surface area contributed by atoms with Crippen LogP contribution in [0.25, 0.3) is 0 Å². The molecule has 0 aliphatic carbocycles. The van der Waals surface area contributed by atoms with Crippen molar-refractivity contribution in [2.75, 3.05) is 38.3 Å². The van der Waals surface area contributed by atoms with Crippen molar-refractivity contribution in [3.63, 3.8) is 0 Å². The molecule has 1 aliphatic rings. The molecule has 3 nitrogen and oxygen atoms in total. The number of nitrogens with one attached hydrogen (secondary N) is 1. The minimum atomic E-state index is 0.473. The van der Waals surface area contributed by atoms with E-state index in [1.165, 1.54) is 24.1 Å². The van der Waals surface area contributed by atoms with Crippen LogP contribution in [0.5, 0.6) is 0 Å². The second kappa shape index (κ2) is 8.40. The molecular formula is C18H30N2O. The standard InChI is InChI=1S/C18H30N2O/c1-4-18(19-5-2)16-8-10-17(11-9-16)20(3)13-15-7-6-12-21-14-15/h8-11,15,18-19H,4-7,12-14H2,1-3H3. The highest BCUT2D eigenvalue weighted by atomic mass is 16.5. The molecule has 0 radical (unpaired) electrons. The van der Waals surface area contributed by atoms with E-state index >= 15 is 0 Å². The van der Waals surface area contributed by atoms with E-state index in [0.29, 0.717) is 12.0 Å². The molecule has 1 saturated heterocycles. The number of rotatable bonds is 7. The van der Waals surface area contributed by atoms with Gasteiger partial charge in [0.05, 0.1) is 6.61 Å². The summed E-state index contributed by atoms with van der Waals surface area (Å²) in [5.41, 5.74) is 2.69. The predicted octanol–water partition coefficient (Wildman–Crippen LogP) is 3.61. The molecule has 2 atom stereocenters. The van der Waals surface area contributed by atoms with Gasteiger partial charge in [-0.25, -0.2) is 0 Å². The van der Waals surface area contributed by atoms with E-state index in [0.717, 1.165) is 32.7 Å². The summed E-state index contributed by atoms with van der Waals surface area (Å²) in [7, 11) is 2.19. The van der Waals surface area contributed by atoms with E-state index in [2.05, 4.69) is 55.4 Å². The van der Waals surface area contributed by atoms with Crippen molar-refractivity contribution < 1.29 is 4.74 Å². The van der Waals surface area contributed by atoms with Crippen molar-refractivity contribution in [3.8, 4) is 0 Å². The summed E-state index contributed by atoms with van der Waals surface area (Å²) in [4.78, 5) is 2.36. The average Bonchev–Trinajstić information content (AvgIpc) is 2.54. The van der Waals surface area contributed by atoms with Crippen molar-refractivity contribution in [3.05, 3.63) is 29.8 Å². The first-order valence-corrected chi connectivity index (χ1v) is 8.36. The largest absolute Gasteiger partial charge is 0.381 e. The summed E-state index contributed by atoms with van der Waals surface area (Å²) >= 11 is 0. The monoisotopic (exact) mass is 290 g/mol. The normalized spacial score (nSPS) is 20.2. The van der Waals surface area contributed by atoms with Crippen LogP contribution in [-0.4, -0.2) is 33.4 Å². The lowest BCUT2D eigenvalue weighted by Gasteiger charge is -2.28. The van der Waals surface area contributed by atoms with Crippen LogP contribution < -0.4 is 10.2 Å². The van der Waals surface area contributed by atoms with Crippen LogP contribution in [0.2, 0.25) is 0 Å².